The standard InChI is InChI=1S/C25H23N7O2/c1-16(2)32-15-28-23(30-32)20-14-31(25(34)21-7-3-4-11-27-21)22-9-8-17(12-19(20)22)24(33)29-18-6-5-10-26-13-18/h3-13,15-16,20H,14H2,1-2H3,(H,29,33)/t20-/m1/s1. The van der Waals surface area contributed by atoms with Crippen LogP contribution < -0.4 is 10.2 Å². The average Bonchev–Trinajstić information content (AvgIpc) is 3.50. The fourth-order valence-electron chi connectivity index (χ4n) is 3.98. The summed E-state index contributed by atoms with van der Waals surface area (Å²) in [7, 11) is 0. The van der Waals surface area contributed by atoms with Crippen molar-refractivity contribution in [3.05, 3.63) is 96.1 Å². The summed E-state index contributed by atoms with van der Waals surface area (Å²) in [4.78, 5) is 40.7. The number of benzene rings is 1. The molecular weight excluding hydrogens is 430 g/mol. The van der Waals surface area contributed by atoms with Crippen molar-refractivity contribution in [1.82, 2.24) is 24.7 Å². The Morgan fingerprint density at radius 1 is 1.06 bits per heavy atom. The molecule has 1 N–H and O–H groups in total. The molecule has 9 heteroatoms. The van der Waals surface area contributed by atoms with Gasteiger partial charge in [0.2, 0.25) is 0 Å². The number of hydrogen-bond donors (Lipinski definition) is 1. The number of carbonyl (C=O) groups is 2. The maximum absolute atomic E-state index is 13.3. The minimum absolute atomic E-state index is 0.157. The summed E-state index contributed by atoms with van der Waals surface area (Å²) in [6, 6.07) is 14.3. The second kappa shape index (κ2) is 8.86. The van der Waals surface area contributed by atoms with Crippen molar-refractivity contribution in [3.63, 3.8) is 0 Å². The first-order chi connectivity index (χ1) is 16.5. The highest BCUT2D eigenvalue weighted by molar-refractivity contribution is 6.08. The summed E-state index contributed by atoms with van der Waals surface area (Å²) in [5.41, 5.74) is 2.98. The lowest BCUT2D eigenvalue weighted by atomic mass is 9.98. The van der Waals surface area contributed by atoms with Crippen molar-refractivity contribution in [2.24, 2.45) is 0 Å². The van der Waals surface area contributed by atoms with Crippen molar-refractivity contribution in [1.29, 1.82) is 0 Å². The molecule has 1 aliphatic rings. The van der Waals surface area contributed by atoms with Crippen molar-refractivity contribution < 1.29 is 9.59 Å². The van der Waals surface area contributed by atoms with Crippen LogP contribution in [-0.2, 0) is 0 Å². The molecule has 2 amide bonds. The van der Waals surface area contributed by atoms with E-state index in [0.29, 0.717) is 29.3 Å². The predicted octanol–water partition coefficient (Wildman–Crippen LogP) is 3.69. The van der Waals surface area contributed by atoms with Gasteiger partial charge in [-0.2, -0.15) is 5.10 Å². The minimum atomic E-state index is -0.270. The number of amides is 2. The maximum Gasteiger partial charge on any atom is 0.276 e. The lowest BCUT2D eigenvalue weighted by molar-refractivity contribution is 0.0982. The fraction of sp³-hybridized carbons (Fsp3) is 0.200. The molecule has 0 spiro atoms. The molecule has 1 aromatic carbocycles. The molecule has 170 valence electrons. The number of hydrogen-bond acceptors (Lipinski definition) is 6. The topological polar surface area (TPSA) is 106 Å². The lowest BCUT2D eigenvalue weighted by Gasteiger charge is -2.17. The normalized spacial score (nSPS) is 14.8. The molecule has 9 nitrogen and oxygen atoms in total. The van der Waals surface area contributed by atoms with Crippen molar-refractivity contribution in [2.45, 2.75) is 25.8 Å². The van der Waals surface area contributed by atoms with Gasteiger partial charge in [-0.1, -0.05) is 6.07 Å². The van der Waals surface area contributed by atoms with Gasteiger partial charge in [-0.3, -0.25) is 24.2 Å². The Kier molecular flexibility index (Phi) is 5.59. The number of pyridine rings is 2. The van der Waals surface area contributed by atoms with Crippen molar-refractivity contribution >= 4 is 23.2 Å². The Bertz CT molecular complexity index is 1340. The summed E-state index contributed by atoms with van der Waals surface area (Å²) in [6.07, 6.45) is 6.53. The van der Waals surface area contributed by atoms with Crippen LogP contribution in [0.5, 0.6) is 0 Å². The number of aromatic nitrogens is 5. The monoisotopic (exact) mass is 453 g/mol. The SMILES string of the molecule is CC(C)n1cnc([C@@H]2CN(C(=O)c3ccccn3)c3ccc(C(=O)Nc4cccnc4)cc32)n1. The van der Waals surface area contributed by atoms with Crippen LogP contribution >= 0.6 is 0 Å². The van der Waals surface area contributed by atoms with Gasteiger partial charge in [-0.05, 0) is 61.9 Å². The van der Waals surface area contributed by atoms with Gasteiger partial charge in [0.05, 0.1) is 17.8 Å². The van der Waals surface area contributed by atoms with E-state index in [4.69, 9.17) is 0 Å². The van der Waals surface area contributed by atoms with Gasteiger partial charge in [0.15, 0.2) is 5.82 Å². The Morgan fingerprint density at radius 2 is 1.94 bits per heavy atom. The third-order valence-electron chi connectivity index (χ3n) is 5.74. The summed E-state index contributed by atoms with van der Waals surface area (Å²) >= 11 is 0. The first-order valence-electron chi connectivity index (χ1n) is 11.0. The summed E-state index contributed by atoms with van der Waals surface area (Å²) in [5.74, 6) is -0.130. The number of nitrogens with one attached hydrogen (secondary N) is 1. The van der Waals surface area contributed by atoms with E-state index in [1.54, 1.807) is 77.0 Å². The maximum atomic E-state index is 13.3. The molecule has 0 saturated carbocycles. The molecular formula is C25H23N7O2. The molecule has 1 aliphatic heterocycles. The molecule has 0 saturated heterocycles. The van der Waals surface area contributed by atoms with E-state index in [1.165, 1.54) is 0 Å². The summed E-state index contributed by atoms with van der Waals surface area (Å²) < 4.78 is 1.79. The smallest absolute Gasteiger partial charge is 0.276 e. The largest absolute Gasteiger partial charge is 0.321 e. The number of anilines is 2. The molecule has 0 fully saturated rings. The zero-order valence-electron chi connectivity index (χ0n) is 18.8. The van der Waals surface area contributed by atoms with Crippen LogP contribution in [0.15, 0.2) is 73.4 Å². The van der Waals surface area contributed by atoms with Crippen LogP contribution in [0.25, 0.3) is 0 Å². The number of nitrogens with zero attached hydrogens (tertiary/aromatic N) is 6. The molecule has 5 rings (SSSR count). The van der Waals surface area contributed by atoms with Crippen molar-refractivity contribution in [2.75, 3.05) is 16.8 Å². The van der Waals surface area contributed by atoms with Gasteiger partial charge in [0, 0.05) is 36.2 Å². The summed E-state index contributed by atoms with van der Waals surface area (Å²) in [6.45, 7) is 4.41. The first kappa shape index (κ1) is 21.4. The van der Waals surface area contributed by atoms with E-state index in [0.717, 1.165) is 11.3 Å². The highest BCUT2D eigenvalue weighted by atomic mass is 16.2. The van der Waals surface area contributed by atoms with Crippen LogP contribution in [0.1, 0.15) is 58.0 Å². The Morgan fingerprint density at radius 3 is 2.65 bits per heavy atom. The highest BCUT2D eigenvalue weighted by Crippen LogP contribution is 2.40. The predicted molar refractivity (Wildman–Crippen MR) is 127 cm³/mol. The summed E-state index contributed by atoms with van der Waals surface area (Å²) in [5, 5.41) is 7.50. The van der Waals surface area contributed by atoms with E-state index in [-0.39, 0.29) is 23.8 Å². The van der Waals surface area contributed by atoms with E-state index in [2.05, 4.69) is 25.4 Å². The molecule has 34 heavy (non-hydrogen) atoms. The van der Waals surface area contributed by atoms with Crippen LogP contribution in [-0.4, -0.2) is 43.1 Å². The molecule has 1 atom stereocenters. The zero-order valence-corrected chi connectivity index (χ0v) is 18.8. The van der Waals surface area contributed by atoms with Gasteiger partial charge >= 0.3 is 0 Å². The van der Waals surface area contributed by atoms with Gasteiger partial charge in [0.25, 0.3) is 11.8 Å². The zero-order chi connectivity index (χ0) is 23.7. The third-order valence-corrected chi connectivity index (χ3v) is 5.74. The molecule has 3 aromatic heterocycles. The lowest BCUT2D eigenvalue weighted by Crippen LogP contribution is -2.30. The highest BCUT2D eigenvalue weighted by Gasteiger charge is 2.37. The molecule has 4 aromatic rings. The van der Waals surface area contributed by atoms with Crippen LogP contribution in [0.4, 0.5) is 11.4 Å². The molecule has 0 unspecified atom stereocenters. The van der Waals surface area contributed by atoms with E-state index < -0.39 is 0 Å². The van der Waals surface area contributed by atoms with E-state index >= 15 is 0 Å². The number of carbonyl (C=O) groups excluding carboxylic acids is 2. The van der Waals surface area contributed by atoms with Crippen LogP contribution in [0.3, 0.4) is 0 Å². The fourth-order valence-corrected chi connectivity index (χ4v) is 3.98. The first-order valence-corrected chi connectivity index (χ1v) is 11.0. The minimum Gasteiger partial charge on any atom is -0.321 e. The molecule has 0 radical (unpaired) electrons. The Labute approximate surface area is 196 Å². The van der Waals surface area contributed by atoms with Crippen molar-refractivity contribution in [3.8, 4) is 0 Å². The van der Waals surface area contributed by atoms with Gasteiger partial charge in [0.1, 0.15) is 12.0 Å². The molecule has 0 bridgehead atoms. The van der Waals surface area contributed by atoms with Crippen LogP contribution in [0.2, 0.25) is 0 Å². The van der Waals surface area contributed by atoms with E-state index in [9.17, 15) is 9.59 Å². The van der Waals surface area contributed by atoms with Gasteiger partial charge < -0.3 is 10.2 Å². The Balaban J connectivity index is 1.52. The van der Waals surface area contributed by atoms with E-state index in [1.807, 2.05) is 19.9 Å². The second-order valence-electron chi connectivity index (χ2n) is 8.33. The van der Waals surface area contributed by atoms with Crippen LogP contribution in [0, 0.1) is 0 Å². The quantitative estimate of drug-likeness (QED) is 0.494. The third kappa shape index (κ3) is 4.03. The number of fused-ring (bicyclic) bond motifs is 1. The Hall–Kier alpha value is -4.40. The molecule has 4 heterocycles. The molecule has 0 aliphatic carbocycles. The average molecular weight is 454 g/mol. The second-order valence-corrected chi connectivity index (χ2v) is 8.33. The van der Waals surface area contributed by atoms with Gasteiger partial charge in [-0.25, -0.2) is 4.98 Å². The van der Waals surface area contributed by atoms with Gasteiger partial charge in [-0.15, -0.1) is 0 Å². The number of rotatable bonds is 5.